The van der Waals surface area contributed by atoms with Crippen molar-refractivity contribution < 1.29 is 14.2 Å². The van der Waals surface area contributed by atoms with Crippen LogP contribution in [0.15, 0.2) is 18.5 Å². The van der Waals surface area contributed by atoms with Crippen LogP contribution in [0, 0.1) is 5.92 Å². The molecule has 2 saturated heterocycles. The zero-order valence-electron chi connectivity index (χ0n) is 12.7. The Bertz CT molecular complexity index is 460. The molecule has 2 fully saturated rings. The molecule has 0 N–H and O–H groups in total. The first kappa shape index (κ1) is 16.0. The van der Waals surface area contributed by atoms with Crippen molar-refractivity contribution in [2.45, 2.75) is 25.6 Å². The quantitative estimate of drug-likeness (QED) is 0.804. The monoisotopic (exact) mass is 326 g/mol. The normalized spacial score (nSPS) is 21.3. The summed E-state index contributed by atoms with van der Waals surface area (Å²) < 4.78 is 16.8. The molecule has 0 aliphatic carbocycles. The first-order valence-corrected chi connectivity index (χ1v) is 8.37. The summed E-state index contributed by atoms with van der Waals surface area (Å²) in [5, 5.41) is 0.580. The Balaban J connectivity index is 1.34. The van der Waals surface area contributed by atoms with Crippen LogP contribution in [0.25, 0.3) is 0 Å². The molecule has 0 spiro atoms. The van der Waals surface area contributed by atoms with Crippen LogP contribution in [0.5, 0.6) is 5.75 Å². The molecule has 22 heavy (non-hydrogen) atoms. The van der Waals surface area contributed by atoms with Gasteiger partial charge in [0.2, 0.25) is 0 Å². The lowest BCUT2D eigenvalue weighted by Crippen LogP contribution is -2.37. The molecule has 0 radical (unpaired) electrons. The lowest BCUT2D eigenvalue weighted by Gasteiger charge is -2.32. The highest BCUT2D eigenvalue weighted by Crippen LogP contribution is 2.25. The minimum absolute atomic E-state index is 0.00916. The molecule has 0 bridgehead atoms. The van der Waals surface area contributed by atoms with Crippen molar-refractivity contribution in [2.24, 2.45) is 5.92 Å². The van der Waals surface area contributed by atoms with E-state index in [1.807, 2.05) is 6.07 Å². The molecule has 0 amide bonds. The second-order valence-electron chi connectivity index (χ2n) is 5.86. The van der Waals surface area contributed by atoms with E-state index in [1.54, 1.807) is 12.4 Å². The average Bonchev–Trinajstić information content (AvgIpc) is 3.07. The van der Waals surface area contributed by atoms with Crippen LogP contribution in [-0.2, 0) is 9.47 Å². The van der Waals surface area contributed by atoms with Crippen LogP contribution >= 0.6 is 11.6 Å². The van der Waals surface area contributed by atoms with Crippen molar-refractivity contribution in [1.29, 1.82) is 0 Å². The van der Waals surface area contributed by atoms with E-state index >= 15 is 0 Å². The fourth-order valence-electron chi connectivity index (χ4n) is 2.93. The minimum Gasteiger partial charge on any atom is -0.492 e. The van der Waals surface area contributed by atoms with Crippen LogP contribution in [0.3, 0.4) is 0 Å². The summed E-state index contributed by atoms with van der Waals surface area (Å²) >= 11 is 6.05. The van der Waals surface area contributed by atoms with Gasteiger partial charge in [-0.3, -0.25) is 4.98 Å². The Morgan fingerprint density at radius 3 is 2.77 bits per heavy atom. The number of pyridine rings is 1. The SMILES string of the molecule is Clc1cnccc1OCC1CCN(CCC2OCCO2)CC1. The molecular weight excluding hydrogens is 304 g/mol. The molecule has 3 rings (SSSR count). The first-order valence-electron chi connectivity index (χ1n) is 7.99. The molecule has 1 aromatic heterocycles. The standard InChI is InChI=1S/C16H23ClN2O3/c17-14-11-18-5-1-15(14)22-12-13-2-6-19(7-3-13)8-4-16-20-9-10-21-16/h1,5,11,13,16H,2-4,6-10,12H2. The molecular formula is C16H23ClN2O3. The van der Waals surface area contributed by atoms with Crippen LogP contribution < -0.4 is 4.74 Å². The van der Waals surface area contributed by atoms with Crippen molar-refractivity contribution in [3.63, 3.8) is 0 Å². The third kappa shape index (κ3) is 4.56. The number of nitrogens with zero attached hydrogens (tertiary/aromatic N) is 2. The number of aromatic nitrogens is 1. The largest absolute Gasteiger partial charge is 0.492 e. The topological polar surface area (TPSA) is 43.8 Å². The van der Waals surface area contributed by atoms with Gasteiger partial charge < -0.3 is 19.1 Å². The molecule has 6 heteroatoms. The Kier molecular flexibility index (Phi) is 5.89. The van der Waals surface area contributed by atoms with Gasteiger partial charge in [0.05, 0.1) is 19.8 Å². The van der Waals surface area contributed by atoms with Gasteiger partial charge in [-0.05, 0) is 31.8 Å². The molecule has 0 atom stereocenters. The predicted molar refractivity (Wildman–Crippen MR) is 84.2 cm³/mol. The van der Waals surface area contributed by atoms with E-state index in [0.717, 1.165) is 64.5 Å². The number of piperidine rings is 1. The molecule has 5 nitrogen and oxygen atoms in total. The van der Waals surface area contributed by atoms with Gasteiger partial charge in [-0.2, -0.15) is 0 Å². The summed E-state index contributed by atoms with van der Waals surface area (Å²) in [6, 6.07) is 1.82. The van der Waals surface area contributed by atoms with Gasteiger partial charge in [0.25, 0.3) is 0 Å². The van der Waals surface area contributed by atoms with Gasteiger partial charge in [-0.15, -0.1) is 0 Å². The summed E-state index contributed by atoms with van der Waals surface area (Å²) in [6.45, 7) is 5.49. The van der Waals surface area contributed by atoms with Gasteiger partial charge in [-0.1, -0.05) is 11.6 Å². The second-order valence-corrected chi connectivity index (χ2v) is 6.27. The lowest BCUT2D eigenvalue weighted by molar-refractivity contribution is -0.0529. The number of likely N-dealkylation sites (tertiary alicyclic amines) is 1. The fourth-order valence-corrected chi connectivity index (χ4v) is 3.10. The number of hydrogen-bond acceptors (Lipinski definition) is 5. The predicted octanol–water partition coefficient (Wildman–Crippen LogP) is 2.59. The number of halogens is 1. The third-order valence-corrected chi connectivity index (χ3v) is 4.57. The van der Waals surface area contributed by atoms with Crippen molar-refractivity contribution in [3.05, 3.63) is 23.5 Å². The van der Waals surface area contributed by atoms with Crippen molar-refractivity contribution in [3.8, 4) is 5.75 Å². The molecule has 0 unspecified atom stereocenters. The summed E-state index contributed by atoms with van der Waals surface area (Å²) in [5.74, 6) is 1.33. The van der Waals surface area contributed by atoms with Gasteiger partial charge in [0, 0.05) is 31.4 Å². The zero-order valence-corrected chi connectivity index (χ0v) is 13.5. The summed E-state index contributed by atoms with van der Waals surface area (Å²) in [4.78, 5) is 6.45. The van der Waals surface area contributed by atoms with Gasteiger partial charge in [-0.25, -0.2) is 0 Å². The van der Waals surface area contributed by atoms with E-state index in [4.69, 9.17) is 25.8 Å². The Morgan fingerprint density at radius 1 is 1.27 bits per heavy atom. The lowest BCUT2D eigenvalue weighted by atomic mass is 9.97. The molecule has 2 aliphatic heterocycles. The van der Waals surface area contributed by atoms with E-state index in [-0.39, 0.29) is 6.29 Å². The highest BCUT2D eigenvalue weighted by molar-refractivity contribution is 6.31. The Labute approximate surface area is 136 Å². The number of hydrogen-bond donors (Lipinski definition) is 0. The molecule has 1 aromatic rings. The Hall–Kier alpha value is -0.880. The summed E-state index contributed by atoms with van der Waals surface area (Å²) in [7, 11) is 0. The molecule has 3 heterocycles. The van der Waals surface area contributed by atoms with E-state index in [9.17, 15) is 0 Å². The highest BCUT2D eigenvalue weighted by Gasteiger charge is 2.22. The number of ether oxygens (including phenoxy) is 3. The second kappa shape index (κ2) is 8.11. The van der Waals surface area contributed by atoms with Gasteiger partial charge in [0.15, 0.2) is 6.29 Å². The molecule has 0 saturated carbocycles. The highest BCUT2D eigenvalue weighted by atomic mass is 35.5. The van der Waals surface area contributed by atoms with Crippen LogP contribution in [0.4, 0.5) is 0 Å². The van der Waals surface area contributed by atoms with E-state index in [0.29, 0.717) is 10.9 Å². The number of rotatable bonds is 6. The van der Waals surface area contributed by atoms with E-state index < -0.39 is 0 Å². The van der Waals surface area contributed by atoms with Gasteiger partial charge >= 0.3 is 0 Å². The summed E-state index contributed by atoms with van der Waals surface area (Å²) in [5.41, 5.74) is 0. The maximum atomic E-state index is 6.05. The Morgan fingerprint density at radius 2 is 2.05 bits per heavy atom. The van der Waals surface area contributed by atoms with Crippen LogP contribution in [-0.4, -0.2) is 55.6 Å². The third-order valence-electron chi connectivity index (χ3n) is 4.29. The maximum Gasteiger partial charge on any atom is 0.159 e. The average molecular weight is 327 g/mol. The molecule has 0 aromatic carbocycles. The smallest absolute Gasteiger partial charge is 0.159 e. The van der Waals surface area contributed by atoms with Crippen molar-refractivity contribution in [2.75, 3.05) is 39.5 Å². The molecule has 2 aliphatic rings. The van der Waals surface area contributed by atoms with Crippen molar-refractivity contribution in [1.82, 2.24) is 9.88 Å². The minimum atomic E-state index is 0.00916. The molecule has 122 valence electrons. The van der Waals surface area contributed by atoms with E-state index in [1.165, 1.54) is 0 Å². The first-order chi connectivity index (χ1) is 10.8. The summed E-state index contributed by atoms with van der Waals surface area (Å²) in [6.07, 6.45) is 6.62. The van der Waals surface area contributed by atoms with Crippen LogP contribution in [0.1, 0.15) is 19.3 Å². The maximum absolute atomic E-state index is 6.05. The zero-order chi connectivity index (χ0) is 15.2. The fraction of sp³-hybridized carbons (Fsp3) is 0.688. The van der Waals surface area contributed by atoms with Crippen molar-refractivity contribution >= 4 is 11.6 Å². The van der Waals surface area contributed by atoms with Gasteiger partial charge in [0.1, 0.15) is 10.8 Å². The van der Waals surface area contributed by atoms with Crippen LogP contribution in [0.2, 0.25) is 5.02 Å². The van der Waals surface area contributed by atoms with E-state index in [2.05, 4.69) is 9.88 Å².